The molecule has 178 valence electrons. The molecular formula is C27H31N3O4. The molecule has 0 aliphatic heterocycles. The van der Waals surface area contributed by atoms with E-state index in [4.69, 9.17) is 15.3 Å². The zero-order chi connectivity index (χ0) is 24.7. The molecule has 0 saturated heterocycles. The molecule has 2 unspecified atom stereocenters. The van der Waals surface area contributed by atoms with E-state index in [1.54, 1.807) is 23.9 Å². The Morgan fingerprint density at radius 1 is 1.12 bits per heavy atom. The molecule has 34 heavy (non-hydrogen) atoms. The van der Waals surface area contributed by atoms with Crippen molar-refractivity contribution < 1.29 is 19.4 Å². The highest BCUT2D eigenvalue weighted by Gasteiger charge is 2.24. The number of hydrogen-bond donors (Lipinski definition) is 2. The van der Waals surface area contributed by atoms with E-state index >= 15 is 0 Å². The van der Waals surface area contributed by atoms with E-state index in [9.17, 15) is 9.59 Å². The van der Waals surface area contributed by atoms with Crippen molar-refractivity contribution in [1.29, 1.82) is 5.41 Å². The smallest absolute Gasteiger partial charge is 0.308 e. The Balaban J connectivity index is 1.58. The third-order valence-corrected chi connectivity index (χ3v) is 5.90. The van der Waals surface area contributed by atoms with Crippen LogP contribution in [-0.2, 0) is 29.2 Å². The summed E-state index contributed by atoms with van der Waals surface area (Å²) < 4.78 is 7.42. The highest BCUT2D eigenvalue weighted by atomic mass is 16.5. The molecular weight excluding hydrogens is 430 g/mol. The molecule has 0 saturated carbocycles. The van der Waals surface area contributed by atoms with Crippen molar-refractivity contribution in [1.82, 2.24) is 9.78 Å². The fraction of sp³-hybridized carbons (Fsp3) is 0.333. The van der Waals surface area contributed by atoms with Gasteiger partial charge in [-0.05, 0) is 48.2 Å². The summed E-state index contributed by atoms with van der Waals surface area (Å²) in [5, 5.41) is 22.0. The first-order valence-corrected chi connectivity index (χ1v) is 11.4. The van der Waals surface area contributed by atoms with E-state index in [1.807, 2.05) is 62.4 Å². The summed E-state index contributed by atoms with van der Waals surface area (Å²) in [6, 6.07) is 17.2. The molecule has 0 aliphatic carbocycles. The van der Waals surface area contributed by atoms with E-state index in [2.05, 4.69) is 5.10 Å². The van der Waals surface area contributed by atoms with E-state index in [1.165, 1.54) is 5.56 Å². The molecule has 1 aromatic heterocycles. The Morgan fingerprint density at radius 2 is 1.82 bits per heavy atom. The molecule has 7 heteroatoms. The fourth-order valence-corrected chi connectivity index (χ4v) is 3.70. The number of carbonyl (C=O) groups excluding carboxylic acids is 1. The summed E-state index contributed by atoms with van der Waals surface area (Å²) in [5.41, 5.74) is 3.74. The van der Waals surface area contributed by atoms with Crippen LogP contribution in [0.3, 0.4) is 0 Å². The first kappa shape index (κ1) is 24.9. The maximum absolute atomic E-state index is 12.8. The van der Waals surface area contributed by atoms with Crippen LogP contribution in [0.5, 0.6) is 5.75 Å². The Kier molecular flexibility index (Phi) is 8.35. The van der Waals surface area contributed by atoms with Crippen LogP contribution in [0.15, 0.2) is 60.8 Å². The molecule has 1 heterocycles. The van der Waals surface area contributed by atoms with E-state index in [0.29, 0.717) is 18.7 Å². The SMILES string of the molecule is CCC(C(=N)C(=O)Cc1ccc(OCc2ccccc2C)cc1)c1ccn(CC(C)C(=O)O)n1. The second-order valence-electron chi connectivity index (χ2n) is 8.54. The number of nitrogens with zero attached hydrogens (tertiary/aromatic N) is 2. The predicted octanol–water partition coefficient (Wildman–Crippen LogP) is 4.82. The average Bonchev–Trinajstić information content (AvgIpc) is 3.27. The van der Waals surface area contributed by atoms with Crippen molar-refractivity contribution in [2.45, 2.75) is 52.7 Å². The third-order valence-electron chi connectivity index (χ3n) is 5.90. The van der Waals surface area contributed by atoms with Crippen LogP contribution in [-0.4, -0.2) is 32.4 Å². The largest absolute Gasteiger partial charge is 0.489 e. The van der Waals surface area contributed by atoms with E-state index < -0.39 is 17.8 Å². The second kappa shape index (κ2) is 11.4. The topological polar surface area (TPSA) is 105 Å². The number of ketones is 1. The number of hydrogen-bond acceptors (Lipinski definition) is 5. The summed E-state index contributed by atoms with van der Waals surface area (Å²) >= 11 is 0. The minimum absolute atomic E-state index is 0.0129. The number of aryl methyl sites for hydroxylation is 1. The van der Waals surface area contributed by atoms with Gasteiger partial charge in [0.15, 0.2) is 5.78 Å². The van der Waals surface area contributed by atoms with Gasteiger partial charge in [0.05, 0.1) is 23.9 Å². The Hall–Kier alpha value is -3.74. The van der Waals surface area contributed by atoms with Crippen LogP contribution >= 0.6 is 0 Å². The Morgan fingerprint density at radius 3 is 2.47 bits per heavy atom. The quantitative estimate of drug-likeness (QED) is 0.376. The van der Waals surface area contributed by atoms with Gasteiger partial charge in [0, 0.05) is 18.5 Å². The molecule has 0 aliphatic rings. The van der Waals surface area contributed by atoms with Crippen molar-refractivity contribution in [2.75, 3.05) is 0 Å². The summed E-state index contributed by atoms with van der Waals surface area (Å²) in [5.74, 6) is -1.42. The number of rotatable bonds is 12. The first-order chi connectivity index (χ1) is 16.3. The Bertz CT molecular complexity index is 1150. The molecule has 0 fully saturated rings. The number of aliphatic carboxylic acids is 1. The lowest BCUT2D eigenvalue weighted by molar-refractivity contribution is -0.141. The number of nitrogens with one attached hydrogen (secondary N) is 1. The lowest BCUT2D eigenvalue weighted by Crippen LogP contribution is -2.24. The maximum Gasteiger partial charge on any atom is 0.308 e. The number of carbonyl (C=O) groups is 2. The van der Waals surface area contributed by atoms with E-state index in [0.717, 1.165) is 16.9 Å². The standard InChI is InChI=1S/C27H31N3O4/c1-4-23(24-13-14-30(29-24)16-19(3)27(32)33)26(28)25(31)15-20-9-11-22(12-10-20)34-17-21-8-6-5-7-18(21)2/h5-14,19,23,28H,4,15-17H2,1-3H3,(H,32,33). The van der Waals surface area contributed by atoms with Crippen molar-refractivity contribution in [3.05, 3.63) is 83.2 Å². The maximum atomic E-state index is 12.8. The summed E-state index contributed by atoms with van der Waals surface area (Å²) in [7, 11) is 0. The minimum Gasteiger partial charge on any atom is -0.489 e. The zero-order valence-corrected chi connectivity index (χ0v) is 19.8. The van der Waals surface area contributed by atoms with Gasteiger partial charge in [-0.1, -0.05) is 50.2 Å². The van der Waals surface area contributed by atoms with Crippen LogP contribution in [0.4, 0.5) is 0 Å². The van der Waals surface area contributed by atoms with Crippen LogP contribution in [0.25, 0.3) is 0 Å². The van der Waals surface area contributed by atoms with Gasteiger partial charge in [0.2, 0.25) is 0 Å². The minimum atomic E-state index is -0.890. The fourth-order valence-electron chi connectivity index (χ4n) is 3.70. The number of carboxylic acid groups (broad SMARTS) is 1. The zero-order valence-electron chi connectivity index (χ0n) is 19.8. The lowest BCUT2D eigenvalue weighted by atomic mass is 9.91. The predicted molar refractivity (Wildman–Crippen MR) is 130 cm³/mol. The van der Waals surface area contributed by atoms with Gasteiger partial charge >= 0.3 is 5.97 Å². The van der Waals surface area contributed by atoms with Crippen molar-refractivity contribution >= 4 is 17.5 Å². The van der Waals surface area contributed by atoms with Crippen molar-refractivity contribution in [3.8, 4) is 5.75 Å². The van der Waals surface area contributed by atoms with Gasteiger partial charge in [0.1, 0.15) is 12.4 Å². The lowest BCUT2D eigenvalue weighted by Gasteiger charge is -2.14. The molecule has 7 nitrogen and oxygen atoms in total. The van der Waals surface area contributed by atoms with Gasteiger partial charge in [-0.15, -0.1) is 0 Å². The summed E-state index contributed by atoms with van der Waals surface area (Å²) in [6.45, 7) is 6.29. The normalized spacial score (nSPS) is 12.7. The molecule has 2 aromatic carbocycles. The molecule has 2 N–H and O–H groups in total. The van der Waals surface area contributed by atoms with Gasteiger partial charge in [-0.3, -0.25) is 14.3 Å². The van der Waals surface area contributed by atoms with Crippen LogP contribution in [0.2, 0.25) is 0 Å². The van der Waals surface area contributed by atoms with Crippen molar-refractivity contribution in [2.24, 2.45) is 5.92 Å². The highest BCUT2D eigenvalue weighted by molar-refractivity contribution is 6.40. The number of benzene rings is 2. The van der Waals surface area contributed by atoms with Gasteiger partial charge in [0.25, 0.3) is 0 Å². The molecule has 0 radical (unpaired) electrons. The van der Waals surface area contributed by atoms with Crippen LogP contribution in [0, 0.1) is 18.3 Å². The second-order valence-corrected chi connectivity index (χ2v) is 8.54. The molecule has 3 aromatic rings. The average molecular weight is 462 g/mol. The first-order valence-electron chi connectivity index (χ1n) is 11.4. The molecule has 3 rings (SSSR count). The molecule has 0 amide bonds. The Labute approximate surface area is 199 Å². The molecule has 0 bridgehead atoms. The third kappa shape index (κ3) is 6.41. The molecule has 2 atom stereocenters. The summed E-state index contributed by atoms with van der Waals surface area (Å²) in [4.78, 5) is 23.9. The van der Waals surface area contributed by atoms with Crippen molar-refractivity contribution in [3.63, 3.8) is 0 Å². The highest BCUT2D eigenvalue weighted by Crippen LogP contribution is 2.22. The van der Waals surface area contributed by atoms with Gasteiger partial charge < -0.3 is 15.3 Å². The number of ether oxygens (including phenoxy) is 1. The van der Waals surface area contributed by atoms with Crippen LogP contribution in [0.1, 0.15) is 48.6 Å². The monoisotopic (exact) mass is 461 g/mol. The summed E-state index contributed by atoms with van der Waals surface area (Å²) in [6.07, 6.45) is 2.39. The molecule has 0 spiro atoms. The number of Topliss-reactive ketones (excluding diaryl/α,β-unsaturated/α-hetero) is 1. The van der Waals surface area contributed by atoms with Crippen LogP contribution < -0.4 is 4.74 Å². The van der Waals surface area contributed by atoms with Gasteiger partial charge in [-0.2, -0.15) is 5.10 Å². The number of aromatic nitrogens is 2. The van der Waals surface area contributed by atoms with E-state index in [-0.39, 0.29) is 24.5 Å². The van der Waals surface area contributed by atoms with Gasteiger partial charge in [-0.25, -0.2) is 0 Å². The number of carboxylic acids is 1.